The number of aromatic amines is 1. The van der Waals surface area contributed by atoms with Gasteiger partial charge in [-0.05, 0) is 35.2 Å². The Kier molecular flexibility index (Phi) is 5.91. The summed E-state index contributed by atoms with van der Waals surface area (Å²) in [5.74, 6) is 0.876. The molecular formula is C25H26N4O. The molecule has 1 heterocycles. The minimum absolute atomic E-state index is 0.00175. The topological polar surface area (TPSA) is 69.8 Å². The van der Waals surface area contributed by atoms with Crippen LogP contribution in [-0.2, 0) is 11.3 Å². The number of aryl methyl sites for hydroxylation is 1. The number of nitrogens with one attached hydrogen (secondary N) is 3. The second kappa shape index (κ2) is 8.93. The first-order valence-corrected chi connectivity index (χ1v) is 10.2. The number of carbonyl (C=O) groups is 1. The maximum absolute atomic E-state index is 10.9. The van der Waals surface area contributed by atoms with Crippen molar-refractivity contribution in [1.29, 1.82) is 0 Å². The maximum Gasteiger partial charge on any atom is 0.216 e. The highest BCUT2D eigenvalue weighted by Gasteiger charge is 2.11. The third-order valence-corrected chi connectivity index (χ3v) is 5.22. The van der Waals surface area contributed by atoms with Gasteiger partial charge >= 0.3 is 0 Å². The summed E-state index contributed by atoms with van der Waals surface area (Å²) < 4.78 is 0. The van der Waals surface area contributed by atoms with Crippen molar-refractivity contribution in [2.24, 2.45) is 0 Å². The number of nitrogens with zero attached hydrogens (tertiary/aromatic N) is 1. The Morgan fingerprint density at radius 3 is 2.43 bits per heavy atom. The Labute approximate surface area is 176 Å². The molecule has 0 spiro atoms. The van der Waals surface area contributed by atoms with E-state index in [1.165, 1.54) is 29.2 Å². The number of hydrogen-bond donors (Lipinski definition) is 3. The summed E-state index contributed by atoms with van der Waals surface area (Å²) in [4.78, 5) is 19.2. The first-order chi connectivity index (χ1) is 14.6. The van der Waals surface area contributed by atoms with Gasteiger partial charge in [-0.3, -0.25) is 4.79 Å². The lowest BCUT2D eigenvalue weighted by Gasteiger charge is -2.06. The fraction of sp³-hybridized carbons (Fsp3) is 0.200. The molecule has 1 aromatic heterocycles. The molecule has 0 radical (unpaired) electrons. The molecule has 1 amide bonds. The van der Waals surface area contributed by atoms with E-state index in [9.17, 15) is 4.79 Å². The van der Waals surface area contributed by atoms with Crippen LogP contribution in [0.4, 0.5) is 0 Å². The summed E-state index contributed by atoms with van der Waals surface area (Å²) in [6.45, 7) is 5.80. The van der Waals surface area contributed by atoms with Crippen molar-refractivity contribution in [1.82, 2.24) is 20.6 Å². The number of fused-ring (bicyclic) bond motifs is 1. The number of amides is 1. The molecule has 4 aromatic rings. The predicted molar refractivity (Wildman–Crippen MR) is 122 cm³/mol. The van der Waals surface area contributed by atoms with E-state index in [1.54, 1.807) is 0 Å². The summed E-state index contributed by atoms with van der Waals surface area (Å²) in [6.07, 6.45) is 0. The Morgan fingerprint density at radius 2 is 1.70 bits per heavy atom. The highest BCUT2D eigenvalue weighted by atomic mass is 16.1. The van der Waals surface area contributed by atoms with Gasteiger partial charge in [0.25, 0.3) is 0 Å². The van der Waals surface area contributed by atoms with E-state index in [0.717, 1.165) is 35.5 Å². The van der Waals surface area contributed by atoms with Gasteiger partial charge in [-0.1, -0.05) is 60.7 Å². The van der Waals surface area contributed by atoms with Crippen LogP contribution in [0.1, 0.15) is 18.1 Å². The van der Waals surface area contributed by atoms with Crippen LogP contribution < -0.4 is 10.6 Å². The SMILES string of the molecule is CC(=O)NCCNCc1ccc(-c2nc3c(C)c(-c4ccccc4)ccc3[nH]2)cc1. The number of imidazole rings is 1. The summed E-state index contributed by atoms with van der Waals surface area (Å²) in [7, 11) is 0. The second-order valence-corrected chi connectivity index (χ2v) is 7.44. The van der Waals surface area contributed by atoms with Gasteiger partial charge in [0.2, 0.25) is 5.91 Å². The first kappa shape index (κ1) is 19.9. The first-order valence-electron chi connectivity index (χ1n) is 10.2. The van der Waals surface area contributed by atoms with Crippen LogP contribution in [0.15, 0.2) is 66.7 Å². The van der Waals surface area contributed by atoms with E-state index >= 15 is 0 Å². The Morgan fingerprint density at radius 1 is 0.933 bits per heavy atom. The van der Waals surface area contributed by atoms with Crippen LogP contribution in [0.2, 0.25) is 0 Å². The maximum atomic E-state index is 10.9. The van der Waals surface area contributed by atoms with Crippen molar-refractivity contribution in [2.75, 3.05) is 13.1 Å². The fourth-order valence-corrected chi connectivity index (χ4v) is 3.62. The van der Waals surface area contributed by atoms with E-state index in [-0.39, 0.29) is 5.91 Å². The molecular weight excluding hydrogens is 372 g/mol. The quantitative estimate of drug-likeness (QED) is 0.403. The molecule has 0 unspecified atom stereocenters. The minimum atomic E-state index is -0.00175. The average molecular weight is 399 g/mol. The largest absolute Gasteiger partial charge is 0.355 e. The Bertz CT molecular complexity index is 1150. The zero-order chi connectivity index (χ0) is 20.9. The molecule has 4 rings (SSSR count). The highest BCUT2D eigenvalue weighted by Crippen LogP contribution is 2.30. The van der Waals surface area contributed by atoms with Crippen LogP contribution in [0.25, 0.3) is 33.5 Å². The van der Waals surface area contributed by atoms with Crippen LogP contribution in [0.5, 0.6) is 0 Å². The summed E-state index contributed by atoms with van der Waals surface area (Å²) in [5, 5.41) is 6.11. The smallest absolute Gasteiger partial charge is 0.216 e. The fourth-order valence-electron chi connectivity index (χ4n) is 3.62. The molecule has 3 aromatic carbocycles. The zero-order valence-electron chi connectivity index (χ0n) is 17.3. The van der Waals surface area contributed by atoms with Crippen molar-refractivity contribution in [3.63, 3.8) is 0 Å². The highest BCUT2D eigenvalue weighted by molar-refractivity contribution is 5.88. The van der Waals surface area contributed by atoms with Gasteiger partial charge in [-0.2, -0.15) is 0 Å². The molecule has 3 N–H and O–H groups in total. The molecule has 0 atom stereocenters. The Balaban J connectivity index is 1.49. The number of carbonyl (C=O) groups excluding carboxylic acids is 1. The number of benzene rings is 3. The van der Waals surface area contributed by atoms with Gasteiger partial charge in [0.05, 0.1) is 11.0 Å². The number of H-pyrrole nitrogens is 1. The molecule has 0 saturated heterocycles. The van der Waals surface area contributed by atoms with Gasteiger partial charge in [-0.25, -0.2) is 4.98 Å². The summed E-state index contributed by atoms with van der Waals surface area (Å²) in [5.41, 5.74) is 7.91. The van der Waals surface area contributed by atoms with Crippen molar-refractivity contribution < 1.29 is 4.79 Å². The van der Waals surface area contributed by atoms with Crippen LogP contribution in [-0.4, -0.2) is 29.0 Å². The molecule has 0 aliphatic heterocycles. The van der Waals surface area contributed by atoms with Gasteiger partial charge in [-0.15, -0.1) is 0 Å². The normalized spacial score (nSPS) is 11.0. The summed E-state index contributed by atoms with van der Waals surface area (Å²) in [6, 6.07) is 23.1. The number of aromatic nitrogens is 2. The van der Waals surface area contributed by atoms with Gasteiger partial charge in [0.1, 0.15) is 5.82 Å². The monoisotopic (exact) mass is 398 g/mol. The number of rotatable bonds is 7. The molecule has 0 aliphatic rings. The van der Waals surface area contributed by atoms with E-state index < -0.39 is 0 Å². The molecule has 0 aliphatic carbocycles. The van der Waals surface area contributed by atoms with Gasteiger partial charge in [0, 0.05) is 32.1 Å². The third-order valence-electron chi connectivity index (χ3n) is 5.22. The average Bonchev–Trinajstić information content (AvgIpc) is 3.20. The van der Waals surface area contributed by atoms with Crippen LogP contribution >= 0.6 is 0 Å². The molecule has 0 saturated carbocycles. The molecule has 30 heavy (non-hydrogen) atoms. The lowest BCUT2D eigenvalue weighted by molar-refractivity contribution is -0.118. The van der Waals surface area contributed by atoms with E-state index in [1.807, 2.05) is 6.07 Å². The standard InChI is InChI=1S/C25H26N4O/c1-17-22(20-6-4-3-5-7-20)12-13-23-24(17)29-25(28-23)21-10-8-19(9-11-21)16-26-14-15-27-18(2)30/h3-13,26H,14-16H2,1-2H3,(H,27,30)(H,28,29). The molecule has 5 heteroatoms. The van der Waals surface area contributed by atoms with E-state index in [4.69, 9.17) is 4.98 Å². The molecule has 152 valence electrons. The van der Waals surface area contributed by atoms with Crippen LogP contribution in [0.3, 0.4) is 0 Å². The van der Waals surface area contributed by atoms with E-state index in [0.29, 0.717) is 6.54 Å². The van der Waals surface area contributed by atoms with E-state index in [2.05, 4.69) is 83.2 Å². The van der Waals surface area contributed by atoms with Crippen molar-refractivity contribution >= 4 is 16.9 Å². The van der Waals surface area contributed by atoms with Gasteiger partial charge < -0.3 is 15.6 Å². The lowest BCUT2D eigenvalue weighted by Crippen LogP contribution is -2.29. The molecule has 0 fully saturated rings. The molecule has 0 bridgehead atoms. The van der Waals surface area contributed by atoms with Crippen molar-refractivity contribution in [2.45, 2.75) is 20.4 Å². The predicted octanol–water partition coefficient (Wildman–Crippen LogP) is 4.43. The minimum Gasteiger partial charge on any atom is -0.355 e. The summed E-state index contributed by atoms with van der Waals surface area (Å²) >= 11 is 0. The van der Waals surface area contributed by atoms with Crippen molar-refractivity contribution in [3.8, 4) is 22.5 Å². The van der Waals surface area contributed by atoms with Crippen LogP contribution in [0, 0.1) is 6.92 Å². The number of hydrogen-bond acceptors (Lipinski definition) is 3. The molecule has 5 nitrogen and oxygen atoms in total. The van der Waals surface area contributed by atoms with Crippen molar-refractivity contribution in [3.05, 3.63) is 77.9 Å². The van der Waals surface area contributed by atoms with Gasteiger partial charge in [0.15, 0.2) is 0 Å². The second-order valence-electron chi connectivity index (χ2n) is 7.44. The Hall–Kier alpha value is -3.44. The lowest BCUT2D eigenvalue weighted by atomic mass is 9.99. The zero-order valence-corrected chi connectivity index (χ0v) is 17.3. The third kappa shape index (κ3) is 4.42.